The molecule has 0 bridgehead atoms. The van der Waals surface area contributed by atoms with Crippen molar-refractivity contribution in [3.63, 3.8) is 0 Å². The van der Waals surface area contributed by atoms with Crippen molar-refractivity contribution in [3.8, 4) is 0 Å². The molecule has 0 saturated carbocycles. The molecule has 0 unspecified atom stereocenters. The largest absolute Gasteiger partial charge is 0.453 e. The summed E-state index contributed by atoms with van der Waals surface area (Å²) in [6.45, 7) is 0. The van der Waals surface area contributed by atoms with E-state index < -0.39 is 41.6 Å². The van der Waals surface area contributed by atoms with E-state index in [1.54, 1.807) is 0 Å². The molecule has 3 heteroatoms. The second-order valence-corrected chi connectivity index (χ2v) is 3.27. The zero-order chi connectivity index (χ0) is 15.6. The van der Waals surface area contributed by atoms with E-state index in [2.05, 4.69) is 0 Å². The molecule has 0 saturated heterocycles. The van der Waals surface area contributed by atoms with Crippen LogP contribution in [0.25, 0.3) is 21.9 Å². The van der Waals surface area contributed by atoms with Crippen LogP contribution in [-0.2, 0) is 0 Å². The predicted molar refractivity (Wildman–Crippen MR) is 58.7 cm³/mol. The Morgan fingerprint density at radius 1 is 1.20 bits per heavy atom. The number of benzene rings is 2. The van der Waals surface area contributed by atoms with Crippen molar-refractivity contribution in [1.82, 2.24) is 0 Å². The molecule has 0 N–H and O–H groups in total. The molecule has 2 aromatic carbocycles. The number of para-hydroxylation sites is 1. The zero-order valence-electron chi connectivity index (χ0n) is 13.2. The number of hydrogen-bond acceptors (Lipinski definition) is 1. The van der Waals surface area contributed by atoms with Crippen LogP contribution in [0, 0.1) is 5.82 Å². The fourth-order valence-electron chi connectivity index (χ4n) is 1.37. The van der Waals surface area contributed by atoms with E-state index in [0.29, 0.717) is 0 Å². The molecule has 0 radical (unpaired) electrons. The van der Waals surface area contributed by atoms with E-state index >= 15 is 0 Å². The van der Waals surface area contributed by atoms with Crippen molar-refractivity contribution < 1.29 is 17.0 Å². The fraction of sp³-hybridized carbons (Fsp3) is 0. The van der Waals surface area contributed by atoms with Crippen LogP contribution in [0.4, 0.5) is 4.39 Å². The first-order chi connectivity index (χ1) is 9.77. The van der Waals surface area contributed by atoms with Crippen molar-refractivity contribution >= 4 is 33.5 Å². The zero-order valence-corrected chi connectivity index (χ0v) is 7.92. The topological polar surface area (TPSA) is 13.1 Å². The van der Waals surface area contributed by atoms with Crippen LogP contribution in [0.3, 0.4) is 0 Å². The summed E-state index contributed by atoms with van der Waals surface area (Å²) in [6.07, 6.45) is 0. The van der Waals surface area contributed by atoms with Gasteiger partial charge in [-0.3, -0.25) is 0 Å². The smallest absolute Gasteiger partial charge is 0.171 e. The van der Waals surface area contributed by atoms with Gasteiger partial charge in [-0.05, 0) is 18.1 Å². The second-order valence-electron chi connectivity index (χ2n) is 2.89. The minimum absolute atomic E-state index is 0.109. The van der Waals surface area contributed by atoms with Crippen LogP contribution < -0.4 is 0 Å². The molecule has 3 rings (SSSR count). The molecule has 1 heterocycles. The monoisotopic (exact) mass is 226 g/mol. The lowest BCUT2D eigenvalue weighted by Crippen LogP contribution is -1.71. The summed E-state index contributed by atoms with van der Waals surface area (Å²) in [5.41, 5.74) is -0.701. The van der Waals surface area contributed by atoms with Crippen LogP contribution in [0.2, 0.25) is 5.02 Å². The van der Waals surface area contributed by atoms with Gasteiger partial charge in [-0.25, -0.2) is 4.39 Å². The van der Waals surface area contributed by atoms with E-state index in [4.69, 9.17) is 24.2 Å². The van der Waals surface area contributed by atoms with Gasteiger partial charge in [0.25, 0.3) is 0 Å². The first-order valence-electron chi connectivity index (χ1n) is 7.04. The predicted octanol–water partition coefficient (Wildman–Crippen LogP) is 4.38. The Morgan fingerprint density at radius 2 is 2.07 bits per heavy atom. The lowest BCUT2D eigenvalue weighted by molar-refractivity contribution is 0.584. The Morgan fingerprint density at radius 3 is 2.93 bits per heavy atom. The van der Waals surface area contributed by atoms with Crippen molar-refractivity contribution in [3.05, 3.63) is 47.1 Å². The van der Waals surface area contributed by atoms with Gasteiger partial charge in [-0.1, -0.05) is 23.7 Å². The standard InChI is InChI=1S/C12H6ClFO/c13-7-4-5-8-9-2-1-3-10(14)12(9)15-11(8)6-7/h1-6H/i1D,2D,3D,4D,5D,6D. The van der Waals surface area contributed by atoms with Gasteiger partial charge in [0.1, 0.15) is 5.58 Å². The summed E-state index contributed by atoms with van der Waals surface area (Å²) in [6, 6.07) is -3.14. The fourth-order valence-corrected chi connectivity index (χ4v) is 1.50. The minimum Gasteiger partial charge on any atom is -0.453 e. The SMILES string of the molecule is [2H]c1c([2H])c([2H])c2c(oc3c([2H])c(Cl)c([2H])c([2H])c32)c1F. The van der Waals surface area contributed by atoms with Crippen LogP contribution in [0.5, 0.6) is 0 Å². The van der Waals surface area contributed by atoms with Crippen molar-refractivity contribution in [2.75, 3.05) is 0 Å². The number of halogens is 2. The molecule has 0 atom stereocenters. The third-order valence-corrected chi connectivity index (χ3v) is 2.18. The second kappa shape index (κ2) is 2.97. The highest BCUT2D eigenvalue weighted by Gasteiger charge is 2.09. The van der Waals surface area contributed by atoms with E-state index in [0.717, 1.165) is 0 Å². The lowest BCUT2D eigenvalue weighted by atomic mass is 10.1. The summed E-state index contributed by atoms with van der Waals surface area (Å²) >= 11 is 5.76. The first-order valence-corrected chi connectivity index (χ1v) is 4.41. The molecule has 0 fully saturated rings. The number of rotatable bonds is 0. The van der Waals surface area contributed by atoms with Crippen molar-refractivity contribution in [2.45, 2.75) is 0 Å². The summed E-state index contributed by atoms with van der Waals surface area (Å²) < 4.78 is 65.4. The van der Waals surface area contributed by atoms with Gasteiger partial charge in [-0.2, -0.15) is 0 Å². The van der Waals surface area contributed by atoms with E-state index in [-0.39, 0.29) is 27.4 Å². The van der Waals surface area contributed by atoms with Gasteiger partial charge in [0.2, 0.25) is 0 Å². The molecule has 0 amide bonds. The highest BCUT2D eigenvalue weighted by atomic mass is 35.5. The van der Waals surface area contributed by atoms with E-state index in [1.807, 2.05) is 0 Å². The highest BCUT2D eigenvalue weighted by Crippen LogP contribution is 2.31. The Balaban J connectivity index is 2.73. The van der Waals surface area contributed by atoms with Gasteiger partial charge in [0, 0.05) is 21.8 Å². The van der Waals surface area contributed by atoms with Crippen LogP contribution >= 0.6 is 11.6 Å². The molecule has 3 aromatic rings. The molecule has 74 valence electrons. The summed E-state index contributed by atoms with van der Waals surface area (Å²) in [5.74, 6) is -1.14. The number of hydrogen-bond donors (Lipinski definition) is 0. The van der Waals surface area contributed by atoms with E-state index in [9.17, 15) is 4.39 Å². The Hall–Kier alpha value is -1.54. The van der Waals surface area contributed by atoms with Crippen LogP contribution in [0.15, 0.2) is 40.7 Å². The van der Waals surface area contributed by atoms with E-state index in [1.165, 1.54) is 0 Å². The van der Waals surface area contributed by atoms with Crippen molar-refractivity contribution in [2.24, 2.45) is 0 Å². The first kappa shape index (κ1) is 4.54. The molecule has 0 aliphatic rings. The van der Waals surface area contributed by atoms with Crippen LogP contribution in [0.1, 0.15) is 8.22 Å². The lowest BCUT2D eigenvalue weighted by Gasteiger charge is -1.89. The maximum absolute atomic E-state index is 14.1. The van der Waals surface area contributed by atoms with Gasteiger partial charge >= 0.3 is 0 Å². The molecule has 15 heavy (non-hydrogen) atoms. The number of furan rings is 1. The van der Waals surface area contributed by atoms with Crippen molar-refractivity contribution in [1.29, 1.82) is 0 Å². The molecule has 0 aliphatic carbocycles. The molecule has 1 aromatic heterocycles. The van der Waals surface area contributed by atoms with Gasteiger partial charge in [0.15, 0.2) is 11.4 Å². The maximum Gasteiger partial charge on any atom is 0.171 e. The molecule has 1 nitrogen and oxygen atoms in total. The minimum atomic E-state index is -1.14. The summed E-state index contributed by atoms with van der Waals surface area (Å²) in [7, 11) is 0. The van der Waals surface area contributed by atoms with Crippen LogP contribution in [-0.4, -0.2) is 0 Å². The Bertz CT molecular complexity index is 861. The maximum atomic E-state index is 14.1. The number of fused-ring (bicyclic) bond motifs is 3. The quantitative estimate of drug-likeness (QED) is 0.555. The molecule has 0 aliphatic heterocycles. The summed E-state index contributed by atoms with van der Waals surface area (Å²) in [4.78, 5) is 0. The Labute approximate surface area is 98.5 Å². The van der Waals surface area contributed by atoms with Gasteiger partial charge in [0.05, 0.1) is 8.22 Å². The third-order valence-electron chi connectivity index (χ3n) is 1.99. The molecule has 0 spiro atoms. The third kappa shape index (κ3) is 1.22. The Kier molecular flexibility index (Phi) is 0.899. The normalized spacial score (nSPS) is 16.9. The average molecular weight is 227 g/mol. The van der Waals surface area contributed by atoms with Gasteiger partial charge in [-0.15, -0.1) is 0 Å². The summed E-state index contributed by atoms with van der Waals surface area (Å²) in [5, 5.41) is -0.607. The van der Waals surface area contributed by atoms with Gasteiger partial charge < -0.3 is 4.42 Å². The molecular weight excluding hydrogens is 215 g/mol. The highest BCUT2D eigenvalue weighted by molar-refractivity contribution is 6.31. The average Bonchev–Trinajstić information content (AvgIpc) is 2.87. The molecular formula is C12H6ClFO.